The number of hydrogen-bond acceptors (Lipinski definition) is 4. The lowest BCUT2D eigenvalue weighted by atomic mass is 9.78. The molecule has 0 spiro atoms. The van der Waals surface area contributed by atoms with Gasteiger partial charge in [0.2, 0.25) is 11.8 Å². The van der Waals surface area contributed by atoms with Crippen LogP contribution in [0.4, 0.5) is 5.69 Å². The first kappa shape index (κ1) is 13.4. The van der Waals surface area contributed by atoms with Crippen LogP contribution in [-0.2, 0) is 14.3 Å². The molecule has 0 radical (unpaired) electrons. The molecule has 0 aromatic heterocycles. The maximum absolute atomic E-state index is 12.8. The Morgan fingerprint density at radius 3 is 2.73 bits per heavy atom. The molecule has 5 nitrogen and oxygen atoms in total. The van der Waals surface area contributed by atoms with Crippen molar-refractivity contribution in [2.24, 2.45) is 11.8 Å². The average molecular weight is 297 g/mol. The van der Waals surface area contributed by atoms with Crippen molar-refractivity contribution in [3.63, 3.8) is 0 Å². The molecule has 2 saturated heterocycles. The summed E-state index contributed by atoms with van der Waals surface area (Å²) in [7, 11) is 0. The van der Waals surface area contributed by atoms with Crippen LogP contribution >= 0.6 is 0 Å². The molecule has 3 aliphatic rings. The van der Waals surface area contributed by atoms with Crippen molar-refractivity contribution in [3.8, 4) is 0 Å². The van der Waals surface area contributed by atoms with Gasteiger partial charge in [-0.25, -0.2) is 4.90 Å². The van der Waals surface area contributed by atoms with E-state index in [4.69, 9.17) is 4.74 Å². The minimum Gasteiger partial charge on any atom is -0.362 e. The lowest BCUT2D eigenvalue weighted by Crippen LogP contribution is -2.38. The Hall–Kier alpha value is -2.27. The standard InChI is InChI=1S/C17H15NO4/c1-9(19)10-4-3-5-11(8-10)18-15(20)13-12-6-7-17(2,22-12)14(13)16(18)21/h3-8,12-14H,1-2H3/t12-,13-,14+,17+/m1/s1. The quantitative estimate of drug-likeness (QED) is 0.474. The highest BCUT2D eigenvalue weighted by Gasteiger charge is 2.66. The molecule has 1 aromatic carbocycles. The van der Waals surface area contributed by atoms with Gasteiger partial charge >= 0.3 is 0 Å². The van der Waals surface area contributed by atoms with Gasteiger partial charge in [-0.2, -0.15) is 0 Å². The van der Waals surface area contributed by atoms with Gasteiger partial charge in [0.15, 0.2) is 5.78 Å². The van der Waals surface area contributed by atoms with Gasteiger partial charge in [0, 0.05) is 5.56 Å². The number of nitrogens with zero attached hydrogens (tertiary/aromatic N) is 1. The second-order valence-corrected chi connectivity index (χ2v) is 6.25. The Labute approximate surface area is 127 Å². The van der Waals surface area contributed by atoms with Crippen molar-refractivity contribution >= 4 is 23.3 Å². The molecule has 0 unspecified atom stereocenters. The van der Waals surface area contributed by atoms with Crippen LogP contribution < -0.4 is 4.90 Å². The number of anilines is 1. The number of amides is 2. The van der Waals surface area contributed by atoms with E-state index >= 15 is 0 Å². The summed E-state index contributed by atoms with van der Waals surface area (Å²) in [6.45, 7) is 3.30. The van der Waals surface area contributed by atoms with Crippen LogP contribution in [0.15, 0.2) is 36.4 Å². The number of benzene rings is 1. The van der Waals surface area contributed by atoms with Gasteiger partial charge in [-0.15, -0.1) is 0 Å². The number of fused-ring (bicyclic) bond motifs is 5. The van der Waals surface area contributed by atoms with Crippen LogP contribution in [0.2, 0.25) is 0 Å². The zero-order valence-electron chi connectivity index (χ0n) is 12.3. The summed E-state index contributed by atoms with van der Waals surface area (Å²) in [5, 5.41) is 0. The van der Waals surface area contributed by atoms with Gasteiger partial charge < -0.3 is 4.74 Å². The van der Waals surface area contributed by atoms with Gasteiger partial charge in [0.1, 0.15) is 0 Å². The van der Waals surface area contributed by atoms with E-state index in [1.165, 1.54) is 11.8 Å². The molecule has 5 heteroatoms. The van der Waals surface area contributed by atoms with E-state index in [0.29, 0.717) is 11.3 Å². The summed E-state index contributed by atoms with van der Waals surface area (Å²) < 4.78 is 5.78. The zero-order chi connectivity index (χ0) is 15.6. The summed E-state index contributed by atoms with van der Waals surface area (Å²) >= 11 is 0. The Morgan fingerprint density at radius 1 is 1.27 bits per heavy atom. The molecule has 2 fully saturated rings. The van der Waals surface area contributed by atoms with E-state index in [2.05, 4.69) is 0 Å². The Kier molecular flexibility index (Phi) is 2.52. The topological polar surface area (TPSA) is 63.7 Å². The van der Waals surface area contributed by atoms with Gasteiger partial charge in [0.25, 0.3) is 0 Å². The first-order chi connectivity index (χ1) is 10.4. The fraction of sp³-hybridized carbons (Fsp3) is 0.353. The number of ether oxygens (including phenoxy) is 1. The molecular formula is C17H15NO4. The van der Waals surface area contributed by atoms with Crippen LogP contribution in [0, 0.1) is 11.8 Å². The minimum absolute atomic E-state index is 0.0989. The van der Waals surface area contributed by atoms with Crippen molar-refractivity contribution in [2.45, 2.75) is 25.6 Å². The Morgan fingerprint density at radius 2 is 2.05 bits per heavy atom. The molecule has 4 atom stereocenters. The average Bonchev–Trinajstić information content (AvgIpc) is 3.08. The van der Waals surface area contributed by atoms with Crippen LogP contribution in [0.3, 0.4) is 0 Å². The van der Waals surface area contributed by atoms with E-state index < -0.39 is 17.4 Å². The van der Waals surface area contributed by atoms with E-state index in [1.54, 1.807) is 24.3 Å². The first-order valence-electron chi connectivity index (χ1n) is 7.28. The molecule has 3 heterocycles. The van der Waals surface area contributed by atoms with E-state index in [0.717, 1.165) is 0 Å². The lowest BCUT2D eigenvalue weighted by molar-refractivity contribution is -0.126. The van der Waals surface area contributed by atoms with E-state index in [-0.39, 0.29) is 23.7 Å². The highest BCUT2D eigenvalue weighted by Crippen LogP contribution is 2.52. The minimum atomic E-state index is -0.699. The summed E-state index contributed by atoms with van der Waals surface area (Å²) in [5.41, 5.74) is 0.244. The van der Waals surface area contributed by atoms with Gasteiger partial charge in [-0.05, 0) is 26.0 Å². The van der Waals surface area contributed by atoms with Crippen LogP contribution in [0.25, 0.3) is 0 Å². The van der Waals surface area contributed by atoms with Crippen molar-refractivity contribution in [1.29, 1.82) is 0 Å². The maximum atomic E-state index is 12.8. The highest BCUT2D eigenvalue weighted by atomic mass is 16.5. The normalized spacial score (nSPS) is 35.4. The SMILES string of the molecule is CC(=O)c1cccc(N2C(=O)[C@H]3[C@@H](C2=O)[C@]2(C)C=C[C@H]3O2)c1. The molecule has 0 aliphatic carbocycles. The van der Waals surface area contributed by atoms with Crippen LogP contribution in [0.5, 0.6) is 0 Å². The first-order valence-corrected chi connectivity index (χ1v) is 7.28. The summed E-state index contributed by atoms with van der Waals surface area (Å²) in [4.78, 5) is 38.2. The summed E-state index contributed by atoms with van der Waals surface area (Å²) in [6, 6.07) is 6.64. The third-order valence-corrected chi connectivity index (χ3v) is 4.84. The van der Waals surface area contributed by atoms with E-state index in [1.807, 2.05) is 19.1 Å². The number of imide groups is 1. The molecule has 2 amide bonds. The molecule has 3 aliphatic heterocycles. The smallest absolute Gasteiger partial charge is 0.241 e. The molecule has 4 rings (SSSR count). The molecule has 2 bridgehead atoms. The summed E-state index contributed by atoms with van der Waals surface area (Å²) in [6.07, 6.45) is 3.41. The van der Waals surface area contributed by atoms with Crippen LogP contribution in [-0.4, -0.2) is 29.3 Å². The van der Waals surface area contributed by atoms with Crippen molar-refractivity contribution in [3.05, 3.63) is 42.0 Å². The number of ketones is 1. The third-order valence-electron chi connectivity index (χ3n) is 4.84. The van der Waals surface area contributed by atoms with Gasteiger partial charge in [-0.3, -0.25) is 14.4 Å². The number of carbonyl (C=O) groups is 3. The van der Waals surface area contributed by atoms with Crippen molar-refractivity contribution in [1.82, 2.24) is 0 Å². The van der Waals surface area contributed by atoms with Gasteiger partial charge in [-0.1, -0.05) is 24.3 Å². The number of carbonyl (C=O) groups excluding carboxylic acids is 3. The molecule has 0 N–H and O–H groups in total. The largest absolute Gasteiger partial charge is 0.362 e. The number of hydrogen-bond donors (Lipinski definition) is 0. The monoisotopic (exact) mass is 297 g/mol. The molecule has 112 valence electrons. The van der Waals surface area contributed by atoms with Crippen molar-refractivity contribution < 1.29 is 19.1 Å². The zero-order valence-corrected chi connectivity index (χ0v) is 12.3. The lowest BCUT2D eigenvalue weighted by Gasteiger charge is -2.24. The second-order valence-electron chi connectivity index (χ2n) is 6.25. The Balaban J connectivity index is 1.77. The molecule has 1 aromatic rings. The fourth-order valence-corrected chi connectivity index (χ4v) is 3.77. The Bertz CT molecular complexity index is 753. The summed E-state index contributed by atoms with van der Waals surface area (Å²) in [5.74, 6) is -1.52. The van der Waals surface area contributed by atoms with E-state index in [9.17, 15) is 14.4 Å². The predicted molar refractivity (Wildman–Crippen MR) is 78.3 cm³/mol. The van der Waals surface area contributed by atoms with Crippen LogP contribution in [0.1, 0.15) is 24.2 Å². The molecule has 22 heavy (non-hydrogen) atoms. The highest BCUT2D eigenvalue weighted by molar-refractivity contribution is 6.23. The number of rotatable bonds is 2. The predicted octanol–water partition coefficient (Wildman–Crippen LogP) is 1.72. The fourth-order valence-electron chi connectivity index (χ4n) is 3.77. The van der Waals surface area contributed by atoms with Crippen molar-refractivity contribution in [2.75, 3.05) is 4.90 Å². The number of Topliss-reactive ketones (excluding diaryl/α,β-unsaturated/α-hetero) is 1. The molecule has 0 saturated carbocycles. The molecular weight excluding hydrogens is 282 g/mol. The van der Waals surface area contributed by atoms with Gasteiger partial charge in [0.05, 0.1) is 29.2 Å². The second kappa shape index (κ2) is 4.14. The third kappa shape index (κ3) is 1.54. The maximum Gasteiger partial charge on any atom is 0.241 e.